The highest BCUT2D eigenvalue weighted by Gasteiger charge is 2.37. The van der Waals surface area contributed by atoms with Crippen LogP contribution in [-0.2, 0) is 0 Å². The SMILES string of the molecule is CC1CC(C)(C)CC1NC1CCCN(c2ncccn2)C1. The zero-order valence-electron chi connectivity index (χ0n) is 13.5. The van der Waals surface area contributed by atoms with Crippen LogP contribution >= 0.6 is 0 Å². The van der Waals surface area contributed by atoms with Crippen molar-refractivity contribution in [3.05, 3.63) is 18.5 Å². The van der Waals surface area contributed by atoms with Crippen LogP contribution in [0.4, 0.5) is 5.95 Å². The van der Waals surface area contributed by atoms with Crippen LogP contribution < -0.4 is 10.2 Å². The average molecular weight is 288 g/mol. The van der Waals surface area contributed by atoms with Gasteiger partial charge in [-0.25, -0.2) is 9.97 Å². The molecule has 1 saturated carbocycles. The summed E-state index contributed by atoms with van der Waals surface area (Å²) in [7, 11) is 0. The van der Waals surface area contributed by atoms with E-state index < -0.39 is 0 Å². The highest BCUT2D eigenvalue weighted by Crippen LogP contribution is 2.41. The third kappa shape index (κ3) is 3.54. The molecule has 116 valence electrons. The van der Waals surface area contributed by atoms with Crippen molar-refractivity contribution in [3.8, 4) is 0 Å². The van der Waals surface area contributed by atoms with Crippen LogP contribution in [0.2, 0.25) is 0 Å². The van der Waals surface area contributed by atoms with E-state index in [1.807, 2.05) is 18.5 Å². The van der Waals surface area contributed by atoms with Gasteiger partial charge >= 0.3 is 0 Å². The summed E-state index contributed by atoms with van der Waals surface area (Å²) in [5.74, 6) is 1.66. The van der Waals surface area contributed by atoms with Crippen molar-refractivity contribution in [2.75, 3.05) is 18.0 Å². The Kier molecular flexibility index (Phi) is 4.16. The normalized spacial score (nSPS) is 32.3. The number of hydrogen-bond acceptors (Lipinski definition) is 4. The maximum Gasteiger partial charge on any atom is 0.225 e. The second kappa shape index (κ2) is 5.91. The second-order valence-electron chi connectivity index (χ2n) is 7.66. The molecule has 1 aliphatic heterocycles. The first-order valence-corrected chi connectivity index (χ1v) is 8.31. The van der Waals surface area contributed by atoms with E-state index >= 15 is 0 Å². The lowest BCUT2D eigenvalue weighted by atomic mass is 9.91. The molecule has 4 nitrogen and oxygen atoms in total. The number of anilines is 1. The van der Waals surface area contributed by atoms with Gasteiger partial charge in [-0.15, -0.1) is 0 Å². The van der Waals surface area contributed by atoms with Gasteiger partial charge < -0.3 is 10.2 Å². The van der Waals surface area contributed by atoms with Crippen LogP contribution in [0.3, 0.4) is 0 Å². The third-order valence-electron chi connectivity index (χ3n) is 5.04. The van der Waals surface area contributed by atoms with Gasteiger partial charge in [-0.1, -0.05) is 20.8 Å². The monoisotopic (exact) mass is 288 g/mol. The molecule has 0 spiro atoms. The van der Waals surface area contributed by atoms with Gasteiger partial charge in [0.25, 0.3) is 0 Å². The Hall–Kier alpha value is -1.16. The third-order valence-corrected chi connectivity index (χ3v) is 5.04. The molecule has 4 heteroatoms. The largest absolute Gasteiger partial charge is 0.339 e. The lowest BCUT2D eigenvalue weighted by Gasteiger charge is -2.35. The van der Waals surface area contributed by atoms with E-state index in [1.165, 1.54) is 25.7 Å². The summed E-state index contributed by atoms with van der Waals surface area (Å²) < 4.78 is 0. The van der Waals surface area contributed by atoms with Crippen molar-refractivity contribution < 1.29 is 0 Å². The first kappa shape index (κ1) is 14.8. The summed E-state index contributed by atoms with van der Waals surface area (Å²) >= 11 is 0. The molecule has 1 aliphatic carbocycles. The van der Waals surface area contributed by atoms with Gasteiger partial charge in [0, 0.05) is 37.6 Å². The first-order chi connectivity index (χ1) is 10.0. The number of piperidine rings is 1. The van der Waals surface area contributed by atoms with Crippen molar-refractivity contribution in [2.24, 2.45) is 11.3 Å². The molecule has 3 rings (SSSR count). The van der Waals surface area contributed by atoms with E-state index in [-0.39, 0.29) is 0 Å². The number of rotatable bonds is 3. The van der Waals surface area contributed by atoms with E-state index in [2.05, 4.69) is 41.0 Å². The van der Waals surface area contributed by atoms with Crippen molar-refractivity contribution in [3.63, 3.8) is 0 Å². The van der Waals surface area contributed by atoms with Gasteiger partial charge in [-0.3, -0.25) is 0 Å². The maximum atomic E-state index is 4.39. The molecule has 3 unspecified atom stereocenters. The molecule has 2 heterocycles. The summed E-state index contributed by atoms with van der Waals surface area (Å²) in [5, 5.41) is 3.93. The smallest absolute Gasteiger partial charge is 0.225 e. The molecule has 3 atom stereocenters. The molecule has 0 amide bonds. The Balaban J connectivity index is 1.59. The van der Waals surface area contributed by atoms with E-state index in [9.17, 15) is 0 Å². The standard InChI is InChI=1S/C17H28N4/c1-13-10-17(2,3)11-15(13)20-14-6-4-9-21(12-14)16-18-7-5-8-19-16/h5,7-8,13-15,20H,4,6,9-12H2,1-3H3. The van der Waals surface area contributed by atoms with Gasteiger partial charge in [0.1, 0.15) is 0 Å². The molecule has 2 fully saturated rings. The molecule has 0 radical (unpaired) electrons. The van der Waals surface area contributed by atoms with Crippen LogP contribution in [0.15, 0.2) is 18.5 Å². The predicted molar refractivity (Wildman–Crippen MR) is 86.4 cm³/mol. The predicted octanol–water partition coefficient (Wildman–Crippen LogP) is 2.86. The fraction of sp³-hybridized carbons (Fsp3) is 0.765. The van der Waals surface area contributed by atoms with Crippen molar-refractivity contribution in [1.29, 1.82) is 0 Å². The molecule has 0 aromatic carbocycles. The summed E-state index contributed by atoms with van der Waals surface area (Å²) in [6, 6.07) is 3.12. The van der Waals surface area contributed by atoms with E-state index in [0.29, 0.717) is 17.5 Å². The Labute approximate surface area is 128 Å². The number of nitrogens with zero attached hydrogens (tertiary/aromatic N) is 3. The van der Waals surface area contributed by atoms with Crippen molar-refractivity contribution >= 4 is 5.95 Å². The molecule has 21 heavy (non-hydrogen) atoms. The highest BCUT2D eigenvalue weighted by atomic mass is 15.3. The summed E-state index contributed by atoms with van der Waals surface area (Å²) in [6.45, 7) is 9.31. The molecule has 1 saturated heterocycles. The minimum Gasteiger partial charge on any atom is -0.339 e. The molecule has 2 aliphatic rings. The number of hydrogen-bond donors (Lipinski definition) is 1. The Bertz CT molecular complexity index is 459. The maximum absolute atomic E-state index is 4.39. The van der Waals surface area contributed by atoms with Crippen LogP contribution in [-0.4, -0.2) is 35.1 Å². The summed E-state index contributed by atoms with van der Waals surface area (Å²) in [6.07, 6.45) is 8.80. The average Bonchev–Trinajstić information content (AvgIpc) is 2.72. The van der Waals surface area contributed by atoms with E-state index in [1.54, 1.807) is 0 Å². The fourth-order valence-electron chi connectivity index (χ4n) is 4.17. The van der Waals surface area contributed by atoms with Crippen LogP contribution in [0.1, 0.15) is 46.5 Å². The lowest BCUT2D eigenvalue weighted by molar-refractivity contribution is 0.326. The molecule has 1 N–H and O–H groups in total. The molecular formula is C17H28N4. The Morgan fingerprint density at radius 3 is 2.67 bits per heavy atom. The second-order valence-corrected chi connectivity index (χ2v) is 7.66. The summed E-state index contributed by atoms with van der Waals surface area (Å²) in [4.78, 5) is 11.1. The van der Waals surface area contributed by atoms with E-state index in [0.717, 1.165) is 25.0 Å². The number of nitrogens with one attached hydrogen (secondary N) is 1. The van der Waals surface area contributed by atoms with Gasteiger partial charge in [0.05, 0.1) is 0 Å². The van der Waals surface area contributed by atoms with E-state index in [4.69, 9.17) is 0 Å². The van der Waals surface area contributed by atoms with Gasteiger partial charge in [-0.05, 0) is 43.1 Å². The minimum absolute atomic E-state index is 0.494. The van der Waals surface area contributed by atoms with Gasteiger partial charge in [-0.2, -0.15) is 0 Å². The molecular weight excluding hydrogens is 260 g/mol. The van der Waals surface area contributed by atoms with Crippen LogP contribution in [0, 0.1) is 11.3 Å². The topological polar surface area (TPSA) is 41.0 Å². The summed E-state index contributed by atoms with van der Waals surface area (Å²) in [5.41, 5.74) is 0.494. The highest BCUT2D eigenvalue weighted by molar-refractivity contribution is 5.29. The lowest BCUT2D eigenvalue weighted by Crippen LogP contribution is -2.50. The first-order valence-electron chi connectivity index (χ1n) is 8.31. The number of aromatic nitrogens is 2. The Morgan fingerprint density at radius 1 is 1.24 bits per heavy atom. The molecule has 0 bridgehead atoms. The molecule has 1 aromatic rings. The minimum atomic E-state index is 0.494. The quantitative estimate of drug-likeness (QED) is 0.928. The van der Waals surface area contributed by atoms with Crippen LogP contribution in [0.5, 0.6) is 0 Å². The van der Waals surface area contributed by atoms with Gasteiger partial charge in [0.2, 0.25) is 5.95 Å². The molecule has 1 aromatic heterocycles. The zero-order valence-corrected chi connectivity index (χ0v) is 13.5. The van der Waals surface area contributed by atoms with Crippen molar-refractivity contribution in [1.82, 2.24) is 15.3 Å². The van der Waals surface area contributed by atoms with Gasteiger partial charge in [0.15, 0.2) is 0 Å². The van der Waals surface area contributed by atoms with Crippen molar-refractivity contribution in [2.45, 2.75) is 58.5 Å². The van der Waals surface area contributed by atoms with Crippen LogP contribution in [0.25, 0.3) is 0 Å². The fourth-order valence-corrected chi connectivity index (χ4v) is 4.17. The Morgan fingerprint density at radius 2 is 2.00 bits per heavy atom. The zero-order chi connectivity index (χ0) is 14.9.